The summed E-state index contributed by atoms with van der Waals surface area (Å²) in [4.78, 5) is 25.9. The number of carbonyl (C=O) groups is 2. The van der Waals surface area contributed by atoms with Crippen LogP contribution < -0.4 is 0 Å². The van der Waals surface area contributed by atoms with E-state index in [-0.39, 0.29) is 48.3 Å². The highest BCUT2D eigenvalue weighted by molar-refractivity contribution is 5.80. The van der Waals surface area contributed by atoms with Gasteiger partial charge in [0, 0.05) is 19.3 Å². The van der Waals surface area contributed by atoms with Gasteiger partial charge >= 0.3 is 5.97 Å². The number of fused-ring (bicyclic) bond motifs is 2. The summed E-state index contributed by atoms with van der Waals surface area (Å²) >= 11 is 0. The lowest BCUT2D eigenvalue weighted by molar-refractivity contribution is -0.155. The zero-order valence-corrected chi connectivity index (χ0v) is 22.7. The van der Waals surface area contributed by atoms with Gasteiger partial charge in [0.05, 0.1) is 24.2 Å². The first-order valence-electron chi connectivity index (χ1n) is 14.1. The van der Waals surface area contributed by atoms with Crippen LogP contribution in [0.25, 0.3) is 6.08 Å². The molecule has 0 unspecified atom stereocenters. The average molecular weight is 499 g/mol. The summed E-state index contributed by atoms with van der Waals surface area (Å²) in [5.74, 6) is 0.0307. The lowest BCUT2D eigenvalue weighted by atomic mass is 9.86. The second-order valence-corrected chi connectivity index (χ2v) is 11.2. The predicted octanol–water partition coefficient (Wildman–Crippen LogP) is 6.52. The first-order chi connectivity index (χ1) is 17.3. The van der Waals surface area contributed by atoms with Crippen LogP contribution in [0.4, 0.5) is 0 Å². The number of esters is 1. The minimum absolute atomic E-state index is 0.0174. The highest BCUT2D eigenvalue weighted by Crippen LogP contribution is 2.34. The van der Waals surface area contributed by atoms with Crippen LogP contribution in [0.3, 0.4) is 0 Å². The molecule has 2 bridgehead atoms. The van der Waals surface area contributed by atoms with E-state index in [0.29, 0.717) is 25.2 Å². The van der Waals surface area contributed by atoms with Gasteiger partial charge in [0.2, 0.25) is 0 Å². The minimum atomic E-state index is -0.673. The number of hydrogen-bond acceptors (Lipinski definition) is 5. The molecule has 1 N–H and O–H groups in total. The summed E-state index contributed by atoms with van der Waals surface area (Å²) in [6.07, 6.45) is 8.50. The average Bonchev–Trinajstić information content (AvgIpc) is 3.18. The Hall–Kier alpha value is -1.98. The van der Waals surface area contributed by atoms with Crippen LogP contribution in [0.2, 0.25) is 0 Å². The standard InChI is InChI=1S/C31H46O5/c1-5-11-26-19-25(32)16-22(3)28(18-24-13-7-6-8-14-24)29(33)20-27-17-23(4)30(35-27)15-10-9-12-21(2)31(34)36-26/h6-8,13-14,18,21-23,26-27,29-30,33H,5,9-12,15-17,19-20H2,1-4H3/b28-18+/t21-,22+,23-,26+,27+,29-,30-/m0/s1. The predicted molar refractivity (Wildman–Crippen MR) is 143 cm³/mol. The smallest absolute Gasteiger partial charge is 0.308 e. The molecule has 36 heavy (non-hydrogen) atoms. The molecule has 2 fully saturated rings. The largest absolute Gasteiger partial charge is 0.462 e. The molecule has 2 aliphatic rings. The van der Waals surface area contributed by atoms with Crippen LogP contribution in [0, 0.1) is 17.8 Å². The van der Waals surface area contributed by atoms with Crippen molar-refractivity contribution in [1.82, 2.24) is 0 Å². The van der Waals surface area contributed by atoms with Crippen molar-refractivity contribution in [2.24, 2.45) is 17.8 Å². The lowest BCUT2D eigenvalue weighted by Crippen LogP contribution is -2.27. The van der Waals surface area contributed by atoms with Gasteiger partial charge in [0.25, 0.3) is 0 Å². The van der Waals surface area contributed by atoms with Crippen LogP contribution in [-0.4, -0.2) is 41.3 Å². The fourth-order valence-corrected chi connectivity index (χ4v) is 5.72. The summed E-state index contributed by atoms with van der Waals surface area (Å²) in [6, 6.07) is 9.96. The van der Waals surface area contributed by atoms with Gasteiger partial charge in [0.15, 0.2) is 0 Å². The molecular formula is C31H46O5. The molecule has 5 nitrogen and oxygen atoms in total. The van der Waals surface area contributed by atoms with Gasteiger partial charge in [-0.1, -0.05) is 83.4 Å². The van der Waals surface area contributed by atoms with Crippen molar-refractivity contribution < 1.29 is 24.2 Å². The van der Waals surface area contributed by atoms with Gasteiger partial charge in [-0.25, -0.2) is 0 Å². The molecule has 0 aliphatic carbocycles. The van der Waals surface area contributed by atoms with Gasteiger partial charge in [0.1, 0.15) is 11.9 Å². The molecule has 0 saturated carbocycles. The zero-order valence-electron chi connectivity index (χ0n) is 22.7. The minimum Gasteiger partial charge on any atom is -0.462 e. The van der Waals surface area contributed by atoms with E-state index in [1.807, 2.05) is 57.2 Å². The number of aliphatic hydroxyl groups excluding tert-OH is 1. The Balaban J connectivity index is 1.83. The third kappa shape index (κ3) is 8.55. The second-order valence-electron chi connectivity index (χ2n) is 11.2. The second kappa shape index (κ2) is 14.1. The maximum Gasteiger partial charge on any atom is 0.308 e. The van der Waals surface area contributed by atoms with Crippen LogP contribution in [-0.2, 0) is 19.1 Å². The number of carbonyl (C=O) groups excluding carboxylic acids is 2. The van der Waals surface area contributed by atoms with E-state index in [4.69, 9.17) is 9.47 Å². The fourth-order valence-electron chi connectivity index (χ4n) is 5.72. The van der Waals surface area contributed by atoms with Crippen molar-refractivity contribution >= 4 is 17.8 Å². The third-order valence-corrected chi connectivity index (χ3v) is 7.87. The van der Waals surface area contributed by atoms with Crippen molar-refractivity contribution in [3.63, 3.8) is 0 Å². The van der Waals surface area contributed by atoms with E-state index in [9.17, 15) is 14.7 Å². The molecule has 0 radical (unpaired) electrons. The molecule has 200 valence electrons. The fraction of sp³-hybridized carbons (Fsp3) is 0.677. The molecule has 0 spiro atoms. The number of aliphatic hydroxyl groups is 1. The van der Waals surface area contributed by atoms with Crippen molar-refractivity contribution in [2.45, 2.75) is 116 Å². The van der Waals surface area contributed by atoms with Gasteiger partial charge < -0.3 is 14.6 Å². The quantitative estimate of drug-likeness (QED) is 0.480. The summed E-state index contributed by atoms with van der Waals surface area (Å²) in [7, 11) is 0. The maximum atomic E-state index is 13.1. The Morgan fingerprint density at radius 1 is 0.972 bits per heavy atom. The molecule has 2 saturated heterocycles. The number of rotatable bonds is 3. The summed E-state index contributed by atoms with van der Waals surface area (Å²) < 4.78 is 12.2. The van der Waals surface area contributed by atoms with Crippen LogP contribution in [0.1, 0.15) is 97.5 Å². The normalized spacial score (nSPS) is 34.7. The van der Waals surface area contributed by atoms with E-state index in [1.54, 1.807) is 0 Å². The molecular weight excluding hydrogens is 452 g/mol. The highest BCUT2D eigenvalue weighted by Gasteiger charge is 2.34. The summed E-state index contributed by atoms with van der Waals surface area (Å²) in [5.41, 5.74) is 1.88. The van der Waals surface area contributed by atoms with Crippen molar-refractivity contribution in [2.75, 3.05) is 0 Å². The Labute approximate surface area is 217 Å². The van der Waals surface area contributed by atoms with E-state index in [0.717, 1.165) is 49.7 Å². The van der Waals surface area contributed by atoms with Crippen LogP contribution in [0.5, 0.6) is 0 Å². The monoisotopic (exact) mass is 498 g/mol. The first-order valence-corrected chi connectivity index (χ1v) is 14.1. The number of Topliss-reactive ketones (excluding diaryl/α,β-unsaturated/α-hetero) is 1. The Kier molecular flexibility index (Phi) is 11.2. The number of ketones is 1. The van der Waals surface area contributed by atoms with E-state index < -0.39 is 6.10 Å². The van der Waals surface area contributed by atoms with Gasteiger partial charge in [-0.2, -0.15) is 0 Å². The van der Waals surface area contributed by atoms with Crippen molar-refractivity contribution in [3.8, 4) is 0 Å². The molecule has 5 heteroatoms. The van der Waals surface area contributed by atoms with Crippen LogP contribution in [0.15, 0.2) is 35.9 Å². The summed E-state index contributed by atoms with van der Waals surface area (Å²) in [6.45, 7) is 8.22. The SMILES string of the molecule is CCC[C@@H]1CC(=O)C[C@@H](C)/C(=C\c2ccccc2)[C@@H](O)C[C@H]2C[C@H](C)[C@H](CCCC[C@H](C)C(=O)O1)O2. The van der Waals surface area contributed by atoms with Crippen LogP contribution >= 0.6 is 0 Å². The molecule has 7 atom stereocenters. The molecule has 2 aliphatic heterocycles. The maximum absolute atomic E-state index is 13.1. The number of hydrogen-bond donors (Lipinski definition) is 1. The Morgan fingerprint density at radius 3 is 2.42 bits per heavy atom. The van der Waals surface area contributed by atoms with Gasteiger partial charge in [-0.15, -0.1) is 0 Å². The van der Waals surface area contributed by atoms with E-state index in [1.165, 1.54) is 0 Å². The highest BCUT2D eigenvalue weighted by atomic mass is 16.5. The lowest BCUT2D eigenvalue weighted by Gasteiger charge is -2.25. The molecule has 0 amide bonds. The van der Waals surface area contributed by atoms with Crippen molar-refractivity contribution in [1.29, 1.82) is 0 Å². The molecule has 1 aromatic carbocycles. The Morgan fingerprint density at radius 2 is 1.69 bits per heavy atom. The third-order valence-electron chi connectivity index (χ3n) is 7.87. The molecule has 1 aromatic rings. The van der Waals surface area contributed by atoms with Gasteiger partial charge in [-0.05, 0) is 48.7 Å². The molecule has 3 rings (SSSR count). The number of cyclic esters (lactones) is 1. The topological polar surface area (TPSA) is 72.8 Å². The number of benzene rings is 1. The van der Waals surface area contributed by atoms with E-state index in [2.05, 4.69) is 6.92 Å². The first kappa shape index (κ1) is 28.6. The summed E-state index contributed by atoms with van der Waals surface area (Å²) in [5, 5.41) is 11.4. The number of ether oxygens (including phenoxy) is 2. The van der Waals surface area contributed by atoms with E-state index >= 15 is 0 Å². The zero-order chi connectivity index (χ0) is 26.1. The molecule has 0 aromatic heterocycles. The molecule has 2 heterocycles. The van der Waals surface area contributed by atoms with Gasteiger partial charge in [-0.3, -0.25) is 9.59 Å². The Bertz CT molecular complexity index is 863. The van der Waals surface area contributed by atoms with Crippen molar-refractivity contribution in [3.05, 3.63) is 41.5 Å².